The normalized spacial score (nSPS) is 8.75. The molecule has 0 fully saturated rings. The van der Waals surface area contributed by atoms with E-state index < -0.39 is 7.25 Å². The van der Waals surface area contributed by atoms with Crippen molar-refractivity contribution >= 4 is 7.25 Å². The largest absolute Gasteiger partial charge is 0.748 e. The van der Waals surface area contributed by atoms with E-state index in [1.807, 2.05) is 60.7 Å². The molecule has 16 heavy (non-hydrogen) atoms. The fourth-order valence-corrected chi connectivity index (χ4v) is 0.642. The van der Waals surface area contributed by atoms with Gasteiger partial charge in [0, 0.05) is 17.1 Å². The Morgan fingerprint density at radius 2 is 0.938 bits per heavy atom. The van der Waals surface area contributed by atoms with E-state index in [1.54, 1.807) is 0 Å². The van der Waals surface area contributed by atoms with Crippen LogP contribution in [0.5, 0.6) is 0 Å². The molecule has 0 atom stereocenters. The Hall–Kier alpha value is -0.996. The summed E-state index contributed by atoms with van der Waals surface area (Å²) in [6.07, 6.45) is 0. The molecule has 2 aromatic carbocycles. The third-order valence-electron chi connectivity index (χ3n) is 1.11. The first-order valence-corrected chi connectivity index (χ1v) is 4.21. The molecular weight excluding hydrogens is 263 g/mol. The van der Waals surface area contributed by atoms with Gasteiger partial charge in [0.05, 0.1) is 0 Å². The van der Waals surface area contributed by atoms with Crippen LogP contribution in [0, 0.1) is 0 Å². The smallest absolute Gasteiger partial charge is 0.673 e. The Kier molecular flexibility index (Phi) is 11.4. The fraction of sp³-hybridized carbons (Fsp3) is 0. The van der Waals surface area contributed by atoms with Crippen molar-refractivity contribution in [2.75, 3.05) is 0 Å². The van der Waals surface area contributed by atoms with Crippen LogP contribution in [-0.2, 0) is 17.1 Å². The van der Waals surface area contributed by atoms with Gasteiger partial charge in [-0.05, 0) is 0 Å². The molecule has 2 rings (SSSR count). The van der Waals surface area contributed by atoms with Gasteiger partial charge in [0.15, 0.2) is 0 Å². The summed E-state index contributed by atoms with van der Waals surface area (Å²) in [6.45, 7) is 0. The molecule has 0 aromatic heterocycles. The first-order valence-electron chi connectivity index (χ1n) is 4.21. The zero-order valence-corrected chi connectivity index (χ0v) is 9.32. The number of hydrogen-bond donors (Lipinski definition) is 0. The molecule has 6 heteroatoms. The molecule has 0 heterocycles. The van der Waals surface area contributed by atoms with Crippen LogP contribution in [0.3, 0.4) is 0 Å². The van der Waals surface area contributed by atoms with E-state index >= 15 is 0 Å². The van der Waals surface area contributed by atoms with Crippen molar-refractivity contribution in [3.8, 4) is 0 Å². The molecule has 0 N–H and O–H groups in total. The Morgan fingerprint density at radius 3 is 1.06 bits per heavy atom. The molecule has 0 saturated carbocycles. The van der Waals surface area contributed by atoms with Gasteiger partial charge in [0.25, 0.3) is 0 Å². The van der Waals surface area contributed by atoms with E-state index in [0.717, 1.165) is 0 Å². The Bertz CT molecular complexity index is 222. The van der Waals surface area contributed by atoms with E-state index in [4.69, 9.17) is 0 Å². The molecular formula is C10H10BF4Fe-7. The SMILES string of the molecule is F[B-](F)(F)F.[Fe].[cH-]1[cH-][cH-][cH-][cH-]1.c1cc[cH-]c1. The van der Waals surface area contributed by atoms with E-state index in [-0.39, 0.29) is 17.1 Å². The van der Waals surface area contributed by atoms with Crippen molar-refractivity contribution < 1.29 is 34.3 Å². The second-order valence-corrected chi connectivity index (χ2v) is 2.42. The molecule has 2 aromatic rings. The zero-order chi connectivity index (χ0) is 11.6. The third kappa shape index (κ3) is 23.1. The minimum absolute atomic E-state index is 0. The van der Waals surface area contributed by atoms with Gasteiger partial charge in [-0.1, -0.05) is 0 Å². The fourth-order valence-electron chi connectivity index (χ4n) is 0.642. The van der Waals surface area contributed by atoms with Gasteiger partial charge in [0.1, 0.15) is 0 Å². The molecule has 0 aliphatic carbocycles. The predicted octanol–water partition coefficient (Wildman–Crippen LogP) is 4.11. The van der Waals surface area contributed by atoms with E-state index in [0.29, 0.717) is 0 Å². The van der Waals surface area contributed by atoms with E-state index in [1.165, 1.54) is 0 Å². The average molecular weight is 273 g/mol. The third-order valence-corrected chi connectivity index (χ3v) is 1.11. The second kappa shape index (κ2) is 10.5. The van der Waals surface area contributed by atoms with Gasteiger partial charge in [-0.15, -0.1) is 0 Å². The van der Waals surface area contributed by atoms with Crippen LogP contribution in [0.4, 0.5) is 17.3 Å². The van der Waals surface area contributed by atoms with Crippen molar-refractivity contribution in [1.82, 2.24) is 0 Å². The Morgan fingerprint density at radius 1 is 0.688 bits per heavy atom. The minimum Gasteiger partial charge on any atom is -0.748 e. The maximum atomic E-state index is 9.75. The maximum absolute atomic E-state index is 9.75. The summed E-state index contributed by atoms with van der Waals surface area (Å²) in [7, 11) is -6.00. The summed E-state index contributed by atoms with van der Waals surface area (Å²) < 4.78 is 39.0. The van der Waals surface area contributed by atoms with Crippen LogP contribution in [0.15, 0.2) is 60.7 Å². The van der Waals surface area contributed by atoms with Crippen molar-refractivity contribution in [1.29, 1.82) is 0 Å². The zero-order valence-electron chi connectivity index (χ0n) is 8.22. The standard InChI is InChI=1S/2C5H5.BF4.Fe/c2*1-2-4-5-3-1;2-1(3,4)5;/h2*1-5H;;/q-5;2*-1;. The topological polar surface area (TPSA) is 0 Å². The first kappa shape index (κ1) is 17.4. The van der Waals surface area contributed by atoms with Gasteiger partial charge < -0.3 is 47.6 Å². The number of halogens is 4. The van der Waals surface area contributed by atoms with Crippen molar-refractivity contribution in [2.45, 2.75) is 0 Å². The monoisotopic (exact) mass is 273 g/mol. The van der Waals surface area contributed by atoms with Crippen LogP contribution in [0.25, 0.3) is 0 Å². The van der Waals surface area contributed by atoms with Crippen LogP contribution in [0.2, 0.25) is 0 Å². The van der Waals surface area contributed by atoms with Gasteiger partial charge in [-0.2, -0.15) is 18.2 Å². The Balaban J connectivity index is 0. The number of hydrogen-bond acceptors (Lipinski definition) is 0. The molecule has 0 aliphatic rings. The predicted molar refractivity (Wildman–Crippen MR) is 54.3 cm³/mol. The van der Waals surface area contributed by atoms with Crippen LogP contribution < -0.4 is 0 Å². The molecule has 0 spiro atoms. The average Bonchev–Trinajstić information content (AvgIpc) is 2.81. The molecule has 0 bridgehead atoms. The molecule has 0 amide bonds. The van der Waals surface area contributed by atoms with Crippen LogP contribution >= 0.6 is 0 Å². The van der Waals surface area contributed by atoms with Crippen molar-refractivity contribution in [3.05, 3.63) is 60.7 Å². The summed E-state index contributed by atoms with van der Waals surface area (Å²) in [4.78, 5) is 0. The van der Waals surface area contributed by atoms with Crippen molar-refractivity contribution in [3.63, 3.8) is 0 Å². The van der Waals surface area contributed by atoms with Crippen LogP contribution in [-0.4, -0.2) is 7.25 Å². The van der Waals surface area contributed by atoms with Gasteiger partial charge in [0.2, 0.25) is 0 Å². The summed E-state index contributed by atoms with van der Waals surface area (Å²) in [6, 6.07) is 20.0. The number of rotatable bonds is 0. The maximum Gasteiger partial charge on any atom is 0.673 e. The Labute approximate surface area is 103 Å². The quantitative estimate of drug-likeness (QED) is 0.385. The molecule has 96 valence electrons. The van der Waals surface area contributed by atoms with Gasteiger partial charge in [-0.3, -0.25) is 0 Å². The molecule has 0 nitrogen and oxygen atoms in total. The second-order valence-electron chi connectivity index (χ2n) is 2.42. The van der Waals surface area contributed by atoms with Crippen molar-refractivity contribution in [2.24, 2.45) is 0 Å². The minimum atomic E-state index is -6.00. The summed E-state index contributed by atoms with van der Waals surface area (Å²) in [5.41, 5.74) is 0. The van der Waals surface area contributed by atoms with Crippen LogP contribution in [0.1, 0.15) is 0 Å². The summed E-state index contributed by atoms with van der Waals surface area (Å²) in [5, 5.41) is 0. The van der Waals surface area contributed by atoms with Gasteiger partial charge in [-0.25, -0.2) is 12.1 Å². The molecule has 0 radical (unpaired) electrons. The molecule has 0 aliphatic heterocycles. The molecule has 0 unspecified atom stereocenters. The molecule has 0 saturated heterocycles. The summed E-state index contributed by atoms with van der Waals surface area (Å²) >= 11 is 0. The van der Waals surface area contributed by atoms with E-state index in [2.05, 4.69) is 0 Å². The summed E-state index contributed by atoms with van der Waals surface area (Å²) in [5.74, 6) is 0. The van der Waals surface area contributed by atoms with E-state index in [9.17, 15) is 17.3 Å². The van der Waals surface area contributed by atoms with Gasteiger partial charge >= 0.3 is 7.25 Å². The first-order chi connectivity index (χ1) is 7.00.